The van der Waals surface area contributed by atoms with Crippen molar-refractivity contribution >= 4 is 48.7 Å². The minimum absolute atomic E-state index is 0.00282. The number of halogens is 1. The van der Waals surface area contributed by atoms with E-state index in [1.54, 1.807) is 88.5 Å². The van der Waals surface area contributed by atoms with E-state index in [1.807, 2.05) is 34.7 Å². The van der Waals surface area contributed by atoms with Crippen LogP contribution in [0.3, 0.4) is 0 Å². The summed E-state index contributed by atoms with van der Waals surface area (Å²) in [6.07, 6.45) is -0.467. The average molecular weight is 948 g/mol. The zero-order valence-corrected chi connectivity index (χ0v) is 36.7. The van der Waals surface area contributed by atoms with Gasteiger partial charge in [-0.2, -0.15) is 4.31 Å². The third kappa shape index (κ3) is 11.4. The number of aromatic nitrogens is 4. The van der Waals surface area contributed by atoms with Crippen LogP contribution in [0.5, 0.6) is 17.2 Å². The number of amides is 1. The van der Waals surface area contributed by atoms with E-state index < -0.39 is 41.5 Å². The van der Waals surface area contributed by atoms with E-state index in [0.29, 0.717) is 31.9 Å². The van der Waals surface area contributed by atoms with Crippen molar-refractivity contribution in [3.63, 3.8) is 0 Å². The largest absolute Gasteiger partial charge is 0.497 e. The zero-order chi connectivity index (χ0) is 42.1. The van der Waals surface area contributed by atoms with Gasteiger partial charge >= 0.3 is 6.09 Å². The van der Waals surface area contributed by atoms with Crippen molar-refractivity contribution in [3.8, 4) is 28.6 Å². The van der Waals surface area contributed by atoms with Crippen molar-refractivity contribution in [1.82, 2.24) is 34.6 Å². The fourth-order valence-electron chi connectivity index (χ4n) is 5.71. The second-order valence-corrected chi connectivity index (χ2v) is 18.7. The molecule has 0 saturated heterocycles. The maximum absolute atomic E-state index is 15.5. The lowest BCUT2D eigenvalue weighted by Gasteiger charge is -2.26. The summed E-state index contributed by atoms with van der Waals surface area (Å²) in [7, 11) is -4.65. The minimum atomic E-state index is -4.74. The summed E-state index contributed by atoms with van der Waals surface area (Å²) in [5.74, 6) is 1.84. The minimum Gasteiger partial charge on any atom is -0.497 e. The Kier molecular flexibility index (Phi) is 14.7. The molecule has 0 fully saturated rings. The molecule has 0 radical (unpaired) electrons. The monoisotopic (exact) mass is 947 g/mol. The Bertz CT molecular complexity index is 2340. The van der Waals surface area contributed by atoms with Gasteiger partial charge in [0, 0.05) is 29.7 Å². The number of methoxy groups -OCH3 is 3. The number of sulfonamides is 2. The molecule has 5 aromatic rings. The number of nitrogens with one attached hydrogen (secondary N) is 2. The van der Waals surface area contributed by atoms with Gasteiger partial charge in [-0.15, -0.1) is 5.10 Å². The highest BCUT2D eigenvalue weighted by Gasteiger charge is 2.37. The second kappa shape index (κ2) is 19.3. The van der Waals surface area contributed by atoms with Gasteiger partial charge in [-0.25, -0.2) is 31.0 Å². The van der Waals surface area contributed by atoms with Gasteiger partial charge in [-0.1, -0.05) is 36.4 Å². The number of benzene rings is 4. The number of hydrogen-bond acceptors (Lipinski definition) is 12. The van der Waals surface area contributed by atoms with Crippen molar-refractivity contribution in [1.29, 1.82) is 0 Å². The molecule has 1 heterocycles. The predicted molar refractivity (Wildman–Crippen MR) is 225 cm³/mol. The molecule has 1 aromatic heterocycles. The Balaban J connectivity index is 1.62. The van der Waals surface area contributed by atoms with Gasteiger partial charge in [0.05, 0.1) is 33.4 Å². The molecule has 19 heteroatoms. The summed E-state index contributed by atoms with van der Waals surface area (Å²) in [6.45, 7) is 5.01. The first-order valence-electron chi connectivity index (χ1n) is 18.0. The molecule has 2 N–H and O–H groups in total. The van der Waals surface area contributed by atoms with E-state index in [1.165, 1.54) is 35.3 Å². The summed E-state index contributed by atoms with van der Waals surface area (Å²) >= 11 is 1.97. The molecule has 0 spiro atoms. The number of ether oxygens (including phenoxy) is 4. The molecule has 310 valence electrons. The van der Waals surface area contributed by atoms with Gasteiger partial charge in [0.1, 0.15) is 32.6 Å². The topological polar surface area (TPSA) is 193 Å². The van der Waals surface area contributed by atoms with E-state index in [2.05, 4.69) is 25.6 Å². The summed E-state index contributed by atoms with van der Waals surface area (Å²) in [4.78, 5) is 11.1. The fraction of sp³-hybridized carbons (Fsp3) is 0.333. The Hall–Kier alpha value is -4.83. The lowest BCUT2D eigenvalue weighted by atomic mass is 10.2. The number of carbonyl (C=O) groups excluding carboxylic acids is 1. The molecule has 58 heavy (non-hydrogen) atoms. The summed E-state index contributed by atoms with van der Waals surface area (Å²) < 4.78 is 86.3. The molecular weight excluding hydrogens is 902 g/mol. The van der Waals surface area contributed by atoms with Gasteiger partial charge in [0.2, 0.25) is 20.0 Å². The van der Waals surface area contributed by atoms with Crippen molar-refractivity contribution in [2.75, 3.05) is 34.4 Å². The molecule has 0 bridgehead atoms. The quantitative estimate of drug-likeness (QED) is 0.0818. The smallest absolute Gasteiger partial charge is 0.407 e. The number of nitrogens with zero attached hydrogens (tertiary/aromatic N) is 5. The van der Waals surface area contributed by atoms with Gasteiger partial charge < -0.3 is 24.3 Å². The van der Waals surface area contributed by atoms with Crippen molar-refractivity contribution in [2.45, 2.75) is 62.2 Å². The zero-order valence-electron chi connectivity index (χ0n) is 32.9. The molecule has 0 atom stereocenters. The van der Waals surface area contributed by atoms with Gasteiger partial charge in [-0.05, 0) is 125 Å². The van der Waals surface area contributed by atoms with E-state index in [-0.39, 0.29) is 50.5 Å². The molecule has 0 saturated carbocycles. The van der Waals surface area contributed by atoms with E-state index >= 15 is 8.42 Å². The van der Waals surface area contributed by atoms with Gasteiger partial charge in [-0.3, -0.25) is 0 Å². The second-order valence-electron chi connectivity index (χ2n) is 13.9. The van der Waals surface area contributed by atoms with Crippen LogP contribution in [0, 0.1) is 3.57 Å². The SMILES string of the molecule is COc1ccc(CN(Cc2ccc(OC)cc2)S(=O)(=O)c2c(S(=O)(=O)NCCCNC(=O)OC(C)(C)C)ccc(I)c2-c2nnnn2Cc2ccc(OC)cc2)cc1. The number of alkyl carbamates (subject to hydrolysis) is 1. The van der Waals surface area contributed by atoms with Crippen molar-refractivity contribution in [2.24, 2.45) is 0 Å². The molecule has 1 amide bonds. The Morgan fingerprint density at radius 1 is 0.759 bits per heavy atom. The molecule has 4 aromatic carbocycles. The van der Waals surface area contributed by atoms with Crippen molar-refractivity contribution < 1.29 is 40.6 Å². The Morgan fingerprint density at radius 2 is 1.28 bits per heavy atom. The maximum Gasteiger partial charge on any atom is 0.407 e. The third-order valence-corrected chi connectivity index (χ3v) is 13.0. The Labute approximate surface area is 352 Å². The molecular formula is C39H46IN7O9S2. The first-order chi connectivity index (χ1) is 27.5. The summed E-state index contributed by atoms with van der Waals surface area (Å²) in [5.41, 5.74) is 1.31. The highest BCUT2D eigenvalue weighted by atomic mass is 127. The van der Waals surface area contributed by atoms with E-state index in [4.69, 9.17) is 18.9 Å². The van der Waals surface area contributed by atoms with Crippen LogP contribution in [0.1, 0.15) is 43.9 Å². The normalized spacial score (nSPS) is 12.0. The first kappa shape index (κ1) is 44.3. The maximum atomic E-state index is 15.5. The molecule has 0 unspecified atom stereocenters. The lowest BCUT2D eigenvalue weighted by molar-refractivity contribution is 0.0527. The van der Waals surface area contributed by atoms with Crippen LogP contribution in [0.25, 0.3) is 11.4 Å². The summed E-state index contributed by atoms with van der Waals surface area (Å²) in [6, 6.07) is 23.8. The van der Waals surface area contributed by atoms with Crippen LogP contribution in [0.15, 0.2) is 94.7 Å². The van der Waals surface area contributed by atoms with Crippen LogP contribution in [-0.4, -0.2) is 87.5 Å². The molecule has 0 aliphatic carbocycles. The Morgan fingerprint density at radius 3 is 1.78 bits per heavy atom. The highest BCUT2D eigenvalue weighted by Crippen LogP contribution is 2.38. The van der Waals surface area contributed by atoms with E-state index in [0.717, 1.165) is 5.56 Å². The van der Waals surface area contributed by atoms with Crippen LogP contribution < -0.4 is 24.2 Å². The third-order valence-electron chi connectivity index (χ3n) is 8.55. The predicted octanol–water partition coefficient (Wildman–Crippen LogP) is 5.60. The standard InChI is InChI=1S/C39H46IN7O9S2/c1-39(2,3)56-38(48)41-22-7-23-42-57(49,50)34-21-20-33(40)35(37-43-44-45-47(37)26-29-12-18-32(55-6)19-13-29)36(34)58(51,52)46(24-27-8-14-30(53-4)15-9-27)25-28-10-16-31(54-5)17-11-28/h8-21,42H,7,22-26H2,1-6H3,(H,41,48). The van der Waals surface area contributed by atoms with Gasteiger partial charge in [0.15, 0.2) is 5.82 Å². The molecule has 5 rings (SSSR count). The lowest BCUT2D eigenvalue weighted by Crippen LogP contribution is -2.35. The number of carbonyl (C=O) groups is 1. The molecule has 0 aliphatic rings. The fourth-order valence-corrected chi connectivity index (χ4v) is 10.1. The van der Waals surface area contributed by atoms with Gasteiger partial charge in [0.25, 0.3) is 0 Å². The highest BCUT2D eigenvalue weighted by molar-refractivity contribution is 14.1. The van der Waals surface area contributed by atoms with Crippen molar-refractivity contribution in [3.05, 3.63) is 105 Å². The van der Waals surface area contributed by atoms with Crippen LogP contribution in [0.4, 0.5) is 4.79 Å². The summed E-state index contributed by atoms with van der Waals surface area (Å²) in [5, 5.41) is 14.9. The number of hydrogen-bond donors (Lipinski definition) is 2. The molecule has 16 nitrogen and oxygen atoms in total. The van der Waals surface area contributed by atoms with E-state index in [9.17, 15) is 13.2 Å². The first-order valence-corrected chi connectivity index (χ1v) is 22.0. The van der Waals surface area contributed by atoms with Crippen LogP contribution in [-0.2, 0) is 44.4 Å². The van der Waals surface area contributed by atoms with Crippen LogP contribution >= 0.6 is 22.6 Å². The van der Waals surface area contributed by atoms with Crippen LogP contribution in [0.2, 0.25) is 0 Å². The number of rotatable bonds is 18. The molecule has 0 aliphatic heterocycles. The average Bonchev–Trinajstić information content (AvgIpc) is 3.64. The number of tetrazole rings is 1.